The van der Waals surface area contributed by atoms with E-state index in [1.807, 2.05) is 31.2 Å². The van der Waals surface area contributed by atoms with E-state index in [4.69, 9.17) is 0 Å². The molecule has 2 nitrogen and oxygen atoms in total. The molecule has 1 rings (SSSR count). The molecule has 1 aromatic rings. The fraction of sp³-hybridized carbons (Fsp3) is 0.300. The topological polar surface area (TPSA) is 40.1 Å². The van der Waals surface area contributed by atoms with Gasteiger partial charge in [-0.2, -0.15) is 0 Å². The Balaban J connectivity index is 2.53. The maximum Gasteiger partial charge on any atom is 0.0417 e. The third-order valence-electron chi connectivity index (χ3n) is 1.74. The highest BCUT2D eigenvalue weighted by Gasteiger charge is 1.92. The predicted octanol–water partition coefficient (Wildman–Crippen LogP) is 0.678. The molecule has 0 saturated heterocycles. The minimum Gasteiger partial charge on any atom is -0.550 e. The highest BCUT2D eigenvalue weighted by Crippen LogP contribution is 2.04. The summed E-state index contributed by atoms with van der Waals surface area (Å²) in [5, 5.41) is 10.1. The molecule has 0 aromatic heterocycles. The van der Waals surface area contributed by atoms with Gasteiger partial charge in [-0.15, -0.1) is 0 Å². The molecular formula is C10H11O2-. The number of aryl methyl sites for hydroxylation is 2. The smallest absolute Gasteiger partial charge is 0.0417 e. The molecule has 0 amide bonds. The number of carbonyl (C=O) groups excluding carboxylic acids is 1. The molecule has 0 radical (unpaired) electrons. The van der Waals surface area contributed by atoms with Gasteiger partial charge in [-0.25, -0.2) is 0 Å². The zero-order valence-electron chi connectivity index (χ0n) is 7.04. The number of hydrogen-bond acceptors (Lipinski definition) is 2. The molecule has 64 valence electrons. The molecule has 0 heterocycles. The van der Waals surface area contributed by atoms with E-state index >= 15 is 0 Å². The average Bonchev–Trinajstić information content (AvgIpc) is 2.03. The Morgan fingerprint density at radius 3 is 2.42 bits per heavy atom. The van der Waals surface area contributed by atoms with Gasteiger partial charge in [0.25, 0.3) is 0 Å². The summed E-state index contributed by atoms with van der Waals surface area (Å²) in [7, 11) is 0. The molecule has 0 N–H and O–H groups in total. The second-order valence-electron chi connectivity index (χ2n) is 2.86. The minimum absolute atomic E-state index is 0.100. The summed E-state index contributed by atoms with van der Waals surface area (Å²) in [6.07, 6.45) is 0.658. The Morgan fingerprint density at radius 2 is 1.92 bits per heavy atom. The number of hydrogen-bond donors (Lipinski definition) is 0. The molecule has 0 atom stereocenters. The summed E-state index contributed by atoms with van der Waals surface area (Å²) in [4.78, 5) is 10.1. The average molecular weight is 163 g/mol. The molecular weight excluding hydrogens is 152 g/mol. The van der Waals surface area contributed by atoms with Gasteiger partial charge < -0.3 is 9.90 Å². The highest BCUT2D eigenvalue weighted by molar-refractivity contribution is 5.64. The number of benzene rings is 1. The SMILES string of the molecule is Cc1ccc(CCC(=O)[O-])cc1. The van der Waals surface area contributed by atoms with Crippen LogP contribution in [0.4, 0.5) is 0 Å². The van der Waals surface area contributed by atoms with Crippen LogP contribution in [-0.4, -0.2) is 5.97 Å². The quantitative estimate of drug-likeness (QED) is 0.657. The van der Waals surface area contributed by atoms with Crippen LogP contribution in [0, 0.1) is 6.92 Å². The molecule has 0 bridgehead atoms. The van der Waals surface area contributed by atoms with Gasteiger partial charge in [-0.1, -0.05) is 29.8 Å². The molecule has 0 unspecified atom stereocenters. The van der Waals surface area contributed by atoms with Gasteiger partial charge in [0.2, 0.25) is 0 Å². The second-order valence-corrected chi connectivity index (χ2v) is 2.86. The van der Waals surface area contributed by atoms with Crippen LogP contribution in [0.2, 0.25) is 0 Å². The third-order valence-corrected chi connectivity index (χ3v) is 1.74. The third kappa shape index (κ3) is 2.74. The highest BCUT2D eigenvalue weighted by atomic mass is 16.4. The lowest BCUT2D eigenvalue weighted by molar-refractivity contribution is -0.305. The van der Waals surface area contributed by atoms with Crippen LogP contribution in [0.25, 0.3) is 0 Å². The Morgan fingerprint density at radius 1 is 1.33 bits per heavy atom. The lowest BCUT2D eigenvalue weighted by atomic mass is 10.1. The van der Waals surface area contributed by atoms with Crippen molar-refractivity contribution in [3.63, 3.8) is 0 Å². The lowest BCUT2D eigenvalue weighted by Crippen LogP contribution is -2.22. The summed E-state index contributed by atoms with van der Waals surface area (Å²) in [5.74, 6) is -0.990. The molecule has 2 heteroatoms. The molecule has 0 aliphatic carbocycles. The van der Waals surface area contributed by atoms with Crippen LogP contribution >= 0.6 is 0 Å². The van der Waals surface area contributed by atoms with E-state index < -0.39 is 5.97 Å². The largest absolute Gasteiger partial charge is 0.550 e. The van der Waals surface area contributed by atoms with Crippen LogP contribution < -0.4 is 5.11 Å². The van der Waals surface area contributed by atoms with Crippen LogP contribution in [0.15, 0.2) is 24.3 Å². The second kappa shape index (κ2) is 3.90. The maximum atomic E-state index is 10.1. The van der Waals surface area contributed by atoms with Crippen LogP contribution in [-0.2, 0) is 11.2 Å². The number of aliphatic carboxylic acids is 1. The van der Waals surface area contributed by atoms with Gasteiger partial charge in [-0.3, -0.25) is 0 Å². The van der Waals surface area contributed by atoms with Crippen molar-refractivity contribution in [1.29, 1.82) is 0 Å². The van der Waals surface area contributed by atoms with Crippen molar-refractivity contribution in [2.75, 3.05) is 0 Å². The molecule has 0 saturated carbocycles. The number of carboxylic acid groups (broad SMARTS) is 1. The molecule has 12 heavy (non-hydrogen) atoms. The molecule has 0 spiro atoms. The van der Waals surface area contributed by atoms with Crippen molar-refractivity contribution in [1.82, 2.24) is 0 Å². The van der Waals surface area contributed by atoms with Crippen molar-refractivity contribution < 1.29 is 9.90 Å². The van der Waals surface area contributed by atoms with E-state index in [1.54, 1.807) is 0 Å². The van der Waals surface area contributed by atoms with Gasteiger partial charge >= 0.3 is 0 Å². The van der Waals surface area contributed by atoms with Crippen LogP contribution in [0.5, 0.6) is 0 Å². The van der Waals surface area contributed by atoms with Crippen LogP contribution in [0.3, 0.4) is 0 Å². The van der Waals surface area contributed by atoms with Crippen molar-refractivity contribution in [2.45, 2.75) is 19.8 Å². The van der Waals surface area contributed by atoms with Gasteiger partial charge in [0.15, 0.2) is 0 Å². The molecule has 0 aliphatic rings. The summed E-state index contributed by atoms with van der Waals surface area (Å²) < 4.78 is 0. The summed E-state index contributed by atoms with van der Waals surface area (Å²) in [5.41, 5.74) is 2.23. The normalized spacial score (nSPS) is 9.75. The maximum absolute atomic E-state index is 10.1. The first-order valence-corrected chi connectivity index (χ1v) is 3.94. The molecule has 0 fully saturated rings. The first-order chi connectivity index (χ1) is 5.68. The first kappa shape index (κ1) is 8.78. The fourth-order valence-electron chi connectivity index (χ4n) is 1.00. The summed E-state index contributed by atoms with van der Waals surface area (Å²) >= 11 is 0. The summed E-state index contributed by atoms with van der Waals surface area (Å²) in [6, 6.07) is 7.84. The van der Waals surface area contributed by atoms with Crippen molar-refractivity contribution >= 4 is 5.97 Å². The van der Waals surface area contributed by atoms with E-state index in [0.717, 1.165) is 5.56 Å². The molecule has 1 aromatic carbocycles. The Labute approximate surface area is 71.8 Å². The predicted molar refractivity (Wildman–Crippen MR) is 44.5 cm³/mol. The summed E-state index contributed by atoms with van der Waals surface area (Å²) in [6.45, 7) is 2.00. The molecule has 0 aliphatic heterocycles. The van der Waals surface area contributed by atoms with E-state index in [0.29, 0.717) is 6.42 Å². The van der Waals surface area contributed by atoms with E-state index in [2.05, 4.69) is 0 Å². The standard InChI is InChI=1S/C10H12O2/c1-8-2-4-9(5-3-8)6-7-10(11)12/h2-5H,6-7H2,1H3,(H,11,12)/p-1. The van der Waals surface area contributed by atoms with Crippen molar-refractivity contribution in [3.05, 3.63) is 35.4 Å². The first-order valence-electron chi connectivity index (χ1n) is 3.94. The Bertz CT molecular complexity index is 262. The van der Waals surface area contributed by atoms with E-state index in [1.165, 1.54) is 5.56 Å². The Kier molecular flexibility index (Phi) is 2.86. The zero-order valence-corrected chi connectivity index (χ0v) is 7.04. The minimum atomic E-state index is -0.990. The van der Waals surface area contributed by atoms with Gasteiger partial charge in [0, 0.05) is 5.97 Å². The fourth-order valence-corrected chi connectivity index (χ4v) is 1.00. The van der Waals surface area contributed by atoms with E-state index in [9.17, 15) is 9.90 Å². The monoisotopic (exact) mass is 163 g/mol. The zero-order chi connectivity index (χ0) is 8.97. The number of rotatable bonds is 3. The van der Waals surface area contributed by atoms with E-state index in [-0.39, 0.29) is 6.42 Å². The van der Waals surface area contributed by atoms with Gasteiger partial charge in [-0.05, 0) is 25.3 Å². The number of carbonyl (C=O) groups is 1. The number of carboxylic acids is 1. The lowest BCUT2D eigenvalue weighted by Gasteiger charge is -2.02. The Hall–Kier alpha value is -1.31. The van der Waals surface area contributed by atoms with Crippen molar-refractivity contribution in [2.24, 2.45) is 0 Å². The van der Waals surface area contributed by atoms with Gasteiger partial charge in [0.1, 0.15) is 0 Å². The van der Waals surface area contributed by atoms with Crippen molar-refractivity contribution in [3.8, 4) is 0 Å². The van der Waals surface area contributed by atoms with Crippen LogP contribution in [0.1, 0.15) is 17.5 Å². The van der Waals surface area contributed by atoms with Gasteiger partial charge in [0.05, 0.1) is 0 Å².